The highest BCUT2D eigenvalue weighted by Gasteiger charge is 2.21. The molecule has 2 N–H and O–H groups in total. The lowest BCUT2D eigenvalue weighted by Gasteiger charge is -2.22. The summed E-state index contributed by atoms with van der Waals surface area (Å²) in [7, 11) is -1.60. The summed E-state index contributed by atoms with van der Waals surface area (Å²) >= 11 is 0. The summed E-state index contributed by atoms with van der Waals surface area (Å²) in [5.74, 6) is 1.50. The molecule has 0 saturated heterocycles. The van der Waals surface area contributed by atoms with Crippen molar-refractivity contribution in [2.75, 3.05) is 46.4 Å². The zero-order valence-electron chi connectivity index (χ0n) is 15.5. The number of likely N-dealkylation sites (N-methyl/N-ethyl adjacent to an activating group) is 1. The first-order valence-corrected chi connectivity index (χ1v) is 10.5. The first kappa shape index (κ1) is 20.6. The molecular formula is C17H29N5O3S. The van der Waals surface area contributed by atoms with Crippen LogP contribution in [0.4, 0.5) is 0 Å². The van der Waals surface area contributed by atoms with Gasteiger partial charge in [0, 0.05) is 45.7 Å². The van der Waals surface area contributed by atoms with Crippen molar-refractivity contribution in [3.8, 4) is 0 Å². The van der Waals surface area contributed by atoms with Crippen LogP contribution >= 0.6 is 0 Å². The molecule has 146 valence electrons. The van der Waals surface area contributed by atoms with Crippen molar-refractivity contribution >= 4 is 16.0 Å². The van der Waals surface area contributed by atoms with Gasteiger partial charge in [0.1, 0.15) is 4.90 Å². The fraction of sp³-hybridized carbons (Fsp3) is 0.647. The van der Waals surface area contributed by atoms with Crippen LogP contribution in [0.2, 0.25) is 0 Å². The average Bonchev–Trinajstić information content (AvgIpc) is 3.46. The Kier molecular flexibility index (Phi) is 8.27. The molecule has 1 aliphatic carbocycles. The van der Waals surface area contributed by atoms with Gasteiger partial charge in [-0.15, -0.1) is 0 Å². The average molecular weight is 384 g/mol. The van der Waals surface area contributed by atoms with E-state index in [2.05, 4.69) is 20.0 Å². The van der Waals surface area contributed by atoms with E-state index in [0.717, 1.165) is 31.6 Å². The van der Waals surface area contributed by atoms with E-state index in [1.54, 1.807) is 6.07 Å². The first-order chi connectivity index (χ1) is 12.5. The van der Waals surface area contributed by atoms with Gasteiger partial charge in [-0.25, -0.2) is 13.1 Å². The van der Waals surface area contributed by atoms with Gasteiger partial charge in [0.25, 0.3) is 0 Å². The van der Waals surface area contributed by atoms with Crippen molar-refractivity contribution in [1.82, 2.24) is 19.9 Å². The van der Waals surface area contributed by atoms with Gasteiger partial charge in [-0.3, -0.25) is 9.98 Å². The van der Waals surface area contributed by atoms with Gasteiger partial charge in [0.2, 0.25) is 10.0 Å². The monoisotopic (exact) mass is 383 g/mol. The lowest BCUT2D eigenvalue weighted by molar-refractivity contribution is 0.115. The minimum absolute atomic E-state index is 0.154. The molecule has 0 amide bonds. The lowest BCUT2D eigenvalue weighted by atomic mass is 10.5. The maximum absolute atomic E-state index is 12.1. The largest absolute Gasteiger partial charge is 0.379 e. The predicted molar refractivity (Wildman–Crippen MR) is 102 cm³/mol. The number of pyridine rings is 1. The standard InChI is InChI=1S/C17H29N5O3S/c1-3-19-17(22(2)11-12-25-14-15-6-7-15)20-9-10-21-26(23,24)16-5-4-8-18-13-16/h4-5,8,13,15,21H,3,6-7,9-12,14H2,1-2H3,(H,19,20). The molecule has 0 unspecified atom stereocenters. The fourth-order valence-corrected chi connectivity index (χ4v) is 3.23. The van der Waals surface area contributed by atoms with Gasteiger partial charge >= 0.3 is 0 Å². The second-order valence-electron chi connectivity index (χ2n) is 6.26. The third-order valence-corrected chi connectivity index (χ3v) is 5.37. The molecule has 0 aromatic carbocycles. The summed E-state index contributed by atoms with van der Waals surface area (Å²) in [6.45, 7) is 5.54. The Labute approximate surface area is 156 Å². The maximum Gasteiger partial charge on any atom is 0.242 e. The quantitative estimate of drug-likeness (QED) is 0.331. The Morgan fingerprint density at radius 2 is 2.27 bits per heavy atom. The molecule has 1 saturated carbocycles. The van der Waals surface area contributed by atoms with E-state index in [1.165, 1.54) is 31.3 Å². The third-order valence-electron chi connectivity index (χ3n) is 3.93. The summed E-state index contributed by atoms with van der Waals surface area (Å²) in [5, 5.41) is 3.21. The van der Waals surface area contributed by atoms with Gasteiger partial charge in [-0.1, -0.05) is 0 Å². The van der Waals surface area contributed by atoms with Crippen molar-refractivity contribution in [3.05, 3.63) is 24.5 Å². The third kappa shape index (κ3) is 7.27. The van der Waals surface area contributed by atoms with Crippen LogP contribution in [0.15, 0.2) is 34.4 Å². The number of nitrogens with one attached hydrogen (secondary N) is 2. The number of hydrogen-bond donors (Lipinski definition) is 2. The summed E-state index contributed by atoms with van der Waals surface area (Å²) < 4.78 is 32.4. The number of sulfonamides is 1. The molecule has 1 fully saturated rings. The molecule has 0 bridgehead atoms. The zero-order chi connectivity index (χ0) is 18.8. The summed E-state index contributed by atoms with van der Waals surface area (Å²) in [5.41, 5.74) is 0. The first-order valence-electron chi connectivity index (χ1n) is 9.00. The highest BCUT2D eigenvalue weighted by molar-refractivity contribution is 7.89. The Balaban J connectivity index is 1.76. The Morgan fingerprint density at radius 1 is 1.46 bits per heavy atom. The van der Waals surface area contributed by atoms with Crippen LogP contribution in [-0.2, 0) is 14.8 Å². The number of aromatic nitrogens is 1. The van der Waals surface area contributed by atoms with Crippen molar-refractivity contribution in [2.24, 2.45) is 10.9 Å². The minimum Gasteiger partial charge on any atom is -0.379 e. The smallest absolute Gasteiger partial charge is 0.242 e. The number of hydrogen-bond acceptors (Lipinski definition) is 5. The predicted octanol–water partition coefficient (Wildman–Crippen LogP) is 0.684. The van der Waals surface area contributed by atoms with Crippen LogP contribution in [0.1, 0.15) is 19.8 Å². The van der Waals surface area contributed by atoms with Crippen molar-refractivity contribution in [2.45, 2.75) is 24.7 Å². The van der Waals surface area contributed by atoms with Crippen molar-refractivity contribution in [3.63, 3.8) is 0 Å². The van der Waals surface area contributed by atoms with E-state index in [1.807, 2.05) is 18.9 Å². The van der Waals surface area contributed by atoms with E-state index < -0.39 is 10.0 Å². The second kappa shape index (κ2) is 10.4. The maximum atomic E-state index is 12.1. The topological polar surface area (TPSA) is 95.9 Å². The molecule has 2 rings (SSSR count). The highest BCUT2D eigenvalue weighted by Crippen LogP contribution is 2.28. The molecule has 0 radical (unpaired) electrons. The molecule has 26 heavy (non-hydrogen) atoms. The van der Waals surface area contributed by atoms with Gasteiger partial charge in [0.15, 0.2) is 5.96 Å². The number of guanidine groups is 1. The lowest BCUT2D eigenvalue weighted by Crippen LogP contribution is -2.41. The number of aliphatic imine (C=N–C) groups is 1. The molecule has 1 aromatic heterocycles. The van der Waals surface area contributed by atoms with Crippen LogP contribution in [0.5, 0.6) is 0 Å². The molecule has 0 spiro atoms. The van der Waals surface area contributed by atoms with E-state index in [0.29, 0.717) is 13.2 Å². The molecule has 8 nitrogen and oxygen atoms in total. The Morgan fingerprint density at radius 3 is 2.92 bits per heavy atom. The van der Waals surface area contributed by atoms with Gasteiger partial charge in [-0.05, 0) is 37.8 Å². The molecule has 1 aromatic rings. The van der Waals surface area contributed by atoms with Gasteiger partial charge in [0.05, 0.1) is 13.2 Å². The summed E-state index contributed by atoms with van der Waals surface area (Å²) in [6.07, 6.45) is 5.44. The molecule has 0 atom stereocenters. The van der Waals surface area contributed by atoms with E-state index in [9.17, 15) is 8.42 Å². The Bertz CT molecular complexity index is 662. The minimum atomic E-state index is -3.55. The Hall–Kier alpha value is -1.71. The van der Waals surface area contributed by atoms with E-state index in [-0.39, 0.29) is 11.4 Å². The number of rotatable bonds is 11. The van der Waals surface area contributed by atoms with Crippen LogP contribution in [-0.4, -0.2) is 70.7 Å². The van der Waals surface area contributed by atoms with E-state index >= 15 is 0 Å². The molecular weight excluding hydrogens is 354 g/mol. The van der Waals surface area contributed by atoms with E-state index in [4.69, 9.17) is 4.74 Å². The van der Waals surface area contributed by atoms with Crippen LogP contribution in [0.25, 0.3) is 0 Å². The molecule has 1 heterocycles. The molecule has 0 aliphatic heterocycles. The zero-order valence-corrected chi connectivity index (χ0v) is 16.3. The second-order valence-corrected chi connectivity index (χ2v) is 8.03. The van der Waals surface area contributed by atoms with Crippen LogP contribution in [0.3, 0.4) is 0 Å². The fourth-order valence-electron chi connectivity index (χ4n) is 2.24. The van der Waals surface area contributed by atoms with Crippen LogP contribution < -0.4 is 10.0 Å². The van der Waals surface area contributed by atoms with Crippen molar-refractivity contribution in [1.29, 1.82) is 0 Å². The van der Waals surface area contributed by atoms with Gasteiger partial charge < -0.3 is 15.0 Å². The SMILES string of the molecule is CCNC(=NCCNS(=O)(=O)c1cccnc1)N(C)CCOCC1CC1. The summed E-state index contributed by atoms with van der Waals surface area (Å²) in [6, 6.07) is 3.11. The number of nitrogens with zero attached hydrogens (tertiary/aromatic N) is 3. The number of ether oxygens (including phenoxy) is 1. The van der Waals surface area contributed by atoms with Crippen molar-refractivity contribution < 1.29 is 13.2 Å². The van der Waals surface area contributed by atoms with Crippen LogP contribution in [0, 0.1) is 5.92 Å². The summed E-state index contributed by atoms with van der Waals surface area (Å²) in [4.78, 5) is 10.4. The molecule has 9 heteroatoms. The normalized spacial score (nSPS) is 15.1. The molecule has 1 aliphatic rings. The highest BCUT2D eigenvalue weighted by atomic mass is 32.2. The van der Waals surface area contributed by atoms with Gasteiger partial charge in [-0.2, -0.15) is 0 Å².